The molecular weight excluding hydrogens is 320 g/mol. The first kappa shape index (κ1) is 17.0. The van der Waals surface area contributed by atoms with Gasteiger partial charge in [0.05, 0.1) is 24.4 Å². The molecule has 1 aliphatic heterocycles. The van der Waals surface area contributed by atoms with E-state index in [9.17, 15) is 4.79 Å². The predicted molar refractivity (Wildman–Crippen MR) is 90.2 cm³/mol. The summed E-state index contributed by atoms with van der Waals surface area (Å²) in [6.45, 7) is 2.87. The van der Waals surface area contributed by atoms with Gasteiger partial charge in [-0.15, -0.1) is 0 Å². The van der Waals surface area contributed by atoms with Gasteiger partial charge in [0, 0.05) is 25.5 Å². The van der Waals surface area contributed by atoms with Crippen LogP contribution < -0.4 is 10.1 Å². The van der Waals surface area contributed by atoms with Gasteiger partial charge in [0.15, 0.2) is 0 Å². The van der Waals surface area contributed by atoms with Gasteiger partial charge in [0.25, 0.3) is 5.91 Å². The predicted octanol–water partition coefficient (Wildman–Crippen LogP) is 1.57. The smallest absolute Gasteiger partial charge is 0.268 e. The highest BCUT2D eigenvalue weighted by Gasteiger charge is 2.30. The average molecular weight is 340 g/mol. The third kappa shape index (κ3) is 3.98. The van der Waals surface area contributed by atoms with Crippen LogP contribution >= 0.6 is 0 Å². The lowest BCUT2D eigenvalue weighted by Gasteiger charge is -2.32. The van der Waals surface area contributed by atoms with Gasteiger partial charge in [0.1, 0.15) is 23.6 Å². The van der Waals surface area contributed by atoms with Gasteiger partial charge < -0.3 is 19.4 Å². The van der Waals surface area contributed by atoms with Crippen molar-refractivity contribution in [3.8, 4) is 11.8 Å². The van der Waals surface area contributed by atoms with Crippen molar-refractivity contribution in [3.05, 3.63) is 47.5 Å². The molecule has 130 valence electrons. The van der Waals surface area contributed by atoms with E-state index >= 15 is 0 Å². The monoisotopic (exact) mass is 340 g/mol. The van der Waals surface area contributed by atoms with Gasteiger partial charge >= 0.3 is 0 Å². The molecule has 7 heteroatoms. The summed E-state index contributed by atoms with van der Waals surface area (Å²) in [6.07, 6.45) is 3.66. The molecule has 1 amide bonds. The van der Waals surface area contributed by atoms with E-state index in [1.165, 1.54) is 0 Å². The Labute approximate surface area is 146 Å². The largest absolute Gasteiger partial charge is 0.484 e. The Bertz CT molecular complexity index is 792. The minimum atomic E-state index is -0.294. The zero-order chi connectivity index (χ0) is 17.8. The zero-order valence-corrected chi connectivity index (χ0v) is 14.2. The molecule has 2 atom stereocenters. The summed E-state index contributed by atoms with van der Waals surface area (Å²) in [6, 6.07) is 7.17. The number of aromatic nitrogens is 2. The SMILES string of the molecule is Cc1ccc(O[C@H]2COCC[C@H]2NC(=O)c2cc(C#N)cn2C)cn1. The Morgan fingerprint density at radius 2 is 2.36 bits per heavy atom. The lowest BCUT2D eigenvalue weighted by molar-refractivity contribution is -0.0137. The topological polar surface area (TPSA) is 89.2 Å². The lowest BCUT2D eigenvalue weighted by Crippen LogP contribution is -2.51. The van der Waals surface area contributed by atoms with Crippen LogP contribution in [0.5, 0.6) is 5.75 Å². The third-order valence-electron chi connectivity index (χ3n) is 4.16. The zero-order valence-electron chi connectivity index (χ0n) is 14.2. The molecule has 0 spiro atoms. The minimum absolute atomic E-state index is 0.178. The third-order valence-corrected chi connectivity index (χ3v) is 4.16. The summed E-state index contributed by atoms with van der Waals surface area (Å²) in [7, 11) is 1.74. The molecule has 0 radical (unpaired) electrons. The van der Waals surface area contributed by atoms with Crippen LogP contribution in [0.4, 0.5) is 0 Å². The number of nitrogens with zero attached hydrogens (tertiary/aromatic N) is 3. The molecule has 2 aromatic rings. The number of hydrogen-bond acceptors (Lipinski definition) is 5. The number of nitriles is 1. The number of aryl methyl sites for hydroxylation is 2. The summed E-state index contributed by atoms with van der Waals surface area (Å²) >= 11 is 0. The summed E-state index contributed by atoms with van der Waals surface area (Å²) < 4.78 is 13.1. The Morgan fingerprint density at radius 1 is 1.52 bits per heavy atom. The van der Waals surface area contributed by atoms with Crippen LogP contribution in [0.1, 0.15) is 28.2 Å². The van der Waals surface area contributed by atoms with Crippen molar-refractivity contribution in [2.45, 2.75) is 25.5 Å². The van der Waals surface area contributed by atoms with E-state index in [0.29, 0.717) is 36.6 Å². The number of carbonyl (C=O) groups is 1. The Balaban J connectivity index is 1.70. The number of amides is 1. The van der Waals surface area contributed by atoms with Crippen LogP contribution in [0, 0.1) is 18.3 Å². The first-order valence-electron chi connectivity index (χ1n) is 8.11. The molecule has 25 heavy (non-hydrogen) atoms. The Kier molecular flexibility index (Phi) is 5.00. The van der Waals surface area contributed by atoms with E-state index in [4.69, 9.17) is 14.7 Å². The lowest BCUT2D eigenvalue weighted by atomic mass is 10.1. The highest BCUT2D eigenvalue weighted by molar-refractivity contribution is 5.93. The van der Waals surface area contributed by atoms with Crippen molar-refractivity contribution < 1.29 is 14.3 Å². The molecule has 0 aromatic carbocycles. The van der Waals surface area contributed by atoms with E-state index < -0.39 is 0 Å². The Hall–Kier alpha value is -2.85. The molecule has 1 N–H and O–H groups in total. The summed E-state index contributed by atoms with van der Waals surface area (Å²) in [5.74, 6) is 0.414. The van der Waals surface area contributed by atoms with E-state index in [0.717, 1.165) is 5.69 Å². The van der Waals surface area contributed by atoms with Crippen molar-refractivity contribution in [1.29, 1.82) is 5.26 Å². The van der Waals surface area contributed by atoms with Gasteiger partial charge in [-0.05, 0) is 31.5 Å². The van der Waals surface area contributed by atoms with Crippen molar-refractivity contribution >= 4 is 5.91 Å². The number of rotatable bonds is 4. The molecule has 0 saturated carbocycles. The maximum absolute atomic E-state index is 12.6. The van der Waals surface area contributed by atoms with E-state index in [2.05, 4.69) is 10.3 Å². The van der Waals surface area contributed by atoms with E-state index in [-0.39, 0.29) is 18.1 Å². The molecule has 0 bridgehead atoms. The van der Waals surface area contributed by atoms with Crippen LogP contribution in [0.15, 0.2) is 30.6 Å². The quantitative estimate of drug-likeness (QED) is 0.912. The minimum Gasteiger partial charge on any atom is -0.484 e. The first-order chi connectivity index (χ1) is 12.1. The number of pyridine rings is 1. The molecular formula is C18H20N4O3. The van der Waals surface area contributed by atoms with Crippen LogP contribution in [0.25, 0.3) is 0 Å². The number of nitrogens with one attached hydrogen (secondary N) is 1. The normalized spacial score (nSPS) is 19.9. The van der Waals surface area contributed by atoms with E-state index in [1.54, 1.807) is 30.1 Å². The fourth-order valence-electron chi connectivity index (χ4n) is 2.79. The maximum atomic E-state index is 12.6. The molecule has 0 aliphatic carbocycles. The molecule has 3 rings (SSSR count). The molecule has 1 fully saturated rings. The second-order valence-corrected chi connectivity index (χ2v) is 6.07. The number of ether oxygens (including phenoxy) is 2. The number of carbonyl (C=O) groups excluding carboxylic acids is 1. The molecule has 1 saturated heterocycles. The van der Waals surface area contributed by atoms with Gasteiger partial charge in [0.2, 0.25) is 0 Å². The van der Waals surface area contributed by atoms with Crippen LogP contribution in [-0.4, -0.2) is 40.8 Å². The molecule has 2 aromatic heterocycles. The van der Waals surface area contributed by atoms with Gasteiger partial charge in [-0.25, -0.2) is 0 Å². The summed E-state index contributed by atoms with van der Waals surface area (Å²) in [5.41, 5.74) is 1.81. The van der Waals surface area contributed by atoms with Crippen LogP contribution in [0.3, 0.4) is 0 Å². The van der Waals surface area contributed by atoms with E-state index in [1.807, 2.05) is 25.1 Å². The second-order valence-electron chi connectivity index (χ2n) is 6.07. The van der Waals surface area contributed by atoms with Crippen molar-refractivity contribution in [2.24, 2.45) is 7.05 Å². The van der Waals surface area contributed by atoms with Crippen LogP contribution in [0.2, 0.25) is 0 Å². The maximum Gasteiger partial charge on any atom is 0.268 e. The molecule has 0 unspecified atom stereocenters. The fraction of sp³-hybridized carbons (Fsp3) is 0.389. The first-order valence-corrected chi connectivity index (χ1v) is 8.11. The highest BCUT2D eigenvalue weighted by atomic mass is 16.5. The molecule has 7 nitrogen and oxygen atoms in total. The summed E-state index contributed by atoms with van der Waals surface area (Å²) in [4.78, 5) is 16.8. The van der Waals surface area contributed by atoms with Crippen molar-refractivity contribution in [2.75, 3.05) is 13.2 Å². The summed E-state index contributed by atoms with van der Waals surface area (Å²) in [5, 5.41) is 12.0. The molecule has 1 aliphatic rings. The van der Waals surface area contributed by atoms with Crippen molar-refractivity contribution in [3.63, 3.8) is 0 Å². The average Bonchev–Trinajstić information content (AvgIpc) is 3.00. The van der Waals surface area contributed by atoms with Gasteiger partial charge in [-0.3, -0.25) is 9.78 Å². The fourth-order valence-corrected chi connectivity index (χ4v) is 2.79. The van der Waals surface area contributed by atoms with Crippen molar-refractivity contribution in [1.82, 2.24) is 14.9 Å². The number of hydrogen-bond donors (Lipinski definition) is 1. The second kappa shape index (κ2) is 7.36. The standard InChI is InChI=1S/C18H20N4O3/c1-12-3-4-14(9-20-12)25-17-11-24-6-5-15(17)21-18(23)16-7-13(8-19)10-22(16)2/h3-4,7,9-10,15,17H,5-6,11H2,1-2H3,(H,21,23)/t15-,17+/m1/s1. The van der Waals surface area contributed by atoms with Gasteiger partial charge in [-0.1, -0.05) is 0 Å². The van der Waals surface area contributed by atoms with Gasteiger partial charge in [-0.2, -0.15) is 5.26 Å². The highest BCUT2D eigenvalue weighted by Crippen LogP contribution is 2.18. The molecule has 3 heterocycles. The Morgan fingerprint density at radius 3 is 3.04 bits per heavy atom. The van der Waals surface area contributed by atoms with Crippen LogP contribution in [-0.2, 0) is 11.8 Å².